The normalized spacial score (nSPS) is 11.8. The first-order chi connectivity index (χ1) is 8.01. The zero-order valence-corrected chi connectivity index (χ0v) is 10.5. The molecule has 1 aromatic rings. The minimum atomic E-state index is -4.11. The van der Waals surface area contributed by atoms with E-state index in [2.05, 4.69) is 12.2 Å². The van der Waals surface area contributed by atoms with E-state index in [-0.39, 0.29) is 0 Å². The van der Waals surface area contributed by atoms with E-state index in [1.54, 1.807) is 12.1 Å². The summed E-state index contributed by atoms with van der Waals surface area (Å²) in [5.41, 5.74) is 1.09. The van der Waals surface area contributed by atoms with Gasteiger partial charge in [-0.2, -0.15) is 13.2 Å². The molecular formula is C12H16F3NS. The van der Waals surface area contributed by atoms with E-state index in [1.807, 2.05) is 12.1 Å². The van der Waals surface area contributed by atoms with E-state index in [0.717, 1.165) is 36.8 Å². The van der Waals surface area contributed by atoms with Crippen molar-refractivity contribution in [2.75, 3.05) is 12.3 Å². The van der Waals surface area contributed by atoms with E-state index in [9.17, 15) is 13.2 Å². The van der Waals surface area contributed by atoms with Crippen molar-refractivity contribution in [2.24, 2.45) is 0 Å². The van der Waals surface area contributed by atoms with E-state index in [0.29, 0.717) is 4.90 Å². The molecule has 0 fully saturated rings. The Hall–Kier alpha value is -0.680. The zero-order valence-electron chi connectivity index (χ0n) is 9.68. The van der Waals surface area contributed by atoms with Gasteiger partial charge in [-0.15, -0.1) is 11.8 Å². The van der Waals surface area contributed by atoms with Gasteiger partial charge in [0, 0.05) is 11.4 Å². The lowest BCUT2D eigenvalue weighted by Crippen LogP contribution is -2.13. The van der Waals surface area contributed by atoms with Crippen molar-refractivity contribution >= 4 is 11.8 Å². The molecule has 0 saturated carbocycles. The molecule has 0 radical (unpaired) electrons. The minimum absolute atomic E-state index is 0.654. The van der Waals surface area contributed by atoms with Crippen LogP contribution in [0.25, 0.3) is 0 Å². The molecule has 1 aromatic carbocycles. The van der Waals surface area contributed by atoms with Crippen LogP contribution in [0.3, 0.4) is 0 Å². The Balaban J connectivity index is 2.39. The summed E-state index contributed by atoms with van der Waals surface area (Å²) in [7, 11) is 0. The van der Waals surface area contributed by atoms with Crippen molar-refractivity contribution in [2.45, 2.75) is 31.0 Å². The fourth-order valence-corrected chi connectivity index (χ4v) is 1.94. The second kappa shape index (κ2) is 6.91. The van der Waals surface area contributed by atoms with Gasteiger partial charge >= 0.3 is 6.18 Å². The summed E-state index contributed by atoms with van der Waals surface area (Å²) in [6.45, 7) is 3.80. The van der Waals surface area contributed by atoms with Crippen LogP contribution in [0, 0.1) is 0 Å². The minimum Gasteiger partial charge on any atom is -0.313 e. The third-order valence-corrected chi connectivity index (χ3v) is 3.16. The van der Waals surface area contributed by atoms with Gasteiger partial charge in [0.2, 0.25) is 0 Å². The molecular weight excluding hydrogens is 247 g/mol. The van der Waals surface area contributed by atoms with Crippen molar-refractivity contribution in [1.29, 1.82) is 0 Å². The van der Waals surface area contributed by atoms with Crippen LogP contribution in [0.4, 0.5) is 13.2 Å². The molecule has 17 heavy (non-hydrogen) atoms. The van der Waals surface area contributed by atoms with Gasteiger partial charge in [-0.1, -0.05) is 19.1 Å². The SMILES string of the molecule is CCCNCc1ccc(SCC(F)(F)F)cc1. The van der Waals surface area contributed by atoms with Gasteiger partial charge in [0.1, 0.15) is 0 Å². The predicted molar refractivity (Wildman–Crippen MR) is 65.2 cm³/mol. The molecule has 0 aliphatic heterocycles. The number of benzene rings is 1. The molecule has 0 spiro atoms. The summed E-state index contributed by atoms with van der Waals surface area (Å²) in [5.74, 6) is -0.833. The van der Waals surface area contributed by atoms with Gasteiger partial charge in [0.25, 0.3) is 0 Å². The van der Waals surface area contributed by atoms with Crippen LogP contribution in [0.5, 0.6) is 0 Å². The summed E-state index contributed by atoms with van der Waals surface area (Å²) in [4.78, 5) is 0.654. The average molecular weight is 263 g/mol. The van der Waals surface area contributed by atoms with Crippen LogP contribution in [0.1, 0.15) is 18.9 Å². The first-order valence-electron chi connectivity index (χ1n) is 5.50. The second-order valence-corrected chi connectivity index (χ2v) is 4.77. The molecule has 1 rings (SSSR count). The van der Waals surface area contributed by atoms with E-state index in [4.69, 9.17) is 0 Å². The lowest BCUT2D eigenvalue weighted by atomic mass is 10.2. The maximum absolute atomic E-state index is 12.0. The molecule has 0 aliphatic rings. The van der Waals surface area contributed by atoms with Gasteiger partial charge in [-0.25, -0.2) is 0 Å². The molecule has 0 amide bonds. The van der Waals surface area contributed by atoms with Gasteiger partial charge < -0.3 is 5.32 Å². The molecule has 1 nitrogen and oxygen atoms in total. The molecule has 96 valence electrons. The van der Waals surface area contributed by atoms with Crippen molar-refractivity contribution in [1.82, 2.24) is 5.32 Å². The van der Waals surface area contributed by atoms with Crippen LogP contribution < -0.4 is 5.32 Å². The first-order valence-corrected chi connectivity index (χ1v) is 6.49. The van der Waals surface area contributed by atoms with Crippen LogP contribution in [-0.2, 0) is 6.54 Å². The molecule has 0 aliphatic carbocycles. The highest BCUT2D eigenvalue weighted by molar-refractivity contribution is 7.99. The number of thioether (sulfide) groups is 1. The molecule has 0 aromatic heterocycles. The molecule has 0 unspecified atom stereocenters. The third kappa shape index (κ3) is 6.58. The first kappa shape index (κ1) is 14.4. The van der Waals surface area contributed by atoms with Crippen molar-refractivity contribution in [3.05, 3.63) is 29.8 Å². The second-order valence-electron chi connectivity index (χ2n) is 3.72. The van der Waals surface area contributed by atoms with Gasteiger partial charge in [0.15, 0.2) is 0 Å². The monoisotopic (exact) mass is 263 g/mol. The van der Waals surface area contributed by atoms with Crippen LogP contribution in [0.2, 0.25) is 0 Å². The van der Waals surface area contributed by atoms with Crippen molar-refractivity contribution in [3.63, 3.8) is 0 Å². The zero-order chi connectivity index (χ0) is 12.7. The third-order valence-electron chi connectivity index (χ3n) is 2.08. The fourth-order valence-electron chi connectivity index (χ4n) is 1.28. The lowest BCUT2D eigenvalue weighted by Gasteiger charge is -2.07. The van der Waals surface area contributed by atoms with Gasteiger partial charge in [-0.3, -0.25) is 0 Å². The number of rotatable bonds is 6. The summed E-state index contributed by atoms with van der Waals surface area (Å²) in [6.07, 6.45) is -3.04. The number of halogens is 3. The van der Waals surface area contributed by atoms with E-state index >= 15 is 0 Å². The molecule has 0 saturated heterocycles. The van der Waals surface area contributed by atoms with Gasteiger partial charge in [-0.05, 0) is 30.7 Å². The smallest absolute Gasteiger partial charge is 0.313 e. The maximum Gasteiger partial charge on any atom is 0.398 e. The number of hydrogen-bond donors (Lipinski definition) is 1. The molecule has 0 bridgehead atoms. The topological polar surface area (TPSA) is 12.0 Å². The van der Waals surface area contributed by atoms with Gasteiger partial charge in [0.05, 0.1) is 5.75 Å². The number of hydrogen-bond acceptors (Lipinski definition) is 2. The molecule has 0 atom stereocenters. The Kier molecular flexibility index (Phi) is 5.85. The Morgan fingerprint density at radius 1 is 1.18 bits per heavy atom. The average Bonchev–Trinajstić information content (AvgIpc) is 2.27. The number of nitrogens with one attached hydrogen (secondary N) is 1. The Morgan fingerprint density at radius 3 is 2.35 bits per heavy atom. The summed E-state index contributed by atoms with van der Waals surface area (Å²) in [5, 5.41) is 3.24. The van der Waals surface area contributed by atoms with E-state index in [1.165, 1.54) is 0 Å². The standard InChI is InChI=1S/C12H16F3NS/c1-2-7-16-8-10-3-5-11(6-4-10)17-9-12(13,14)15/h3-6,16H,2,7-9H2,1H3. The summed E-state index contributed by atoms with van der Waals surface area (Å²) in [6, 6.07) is 7.20. The Morgan fingerprint density at radius 2 is 1.82 bits per heavy atom. The fraction of sp³-hybridized carbons (Fsp3) is 0.500. The lowest BCUT2D eigenvalue weighted by molar-refractivity contribution is -0.105. The van der Waals surface area contributed by atoms with Crippen LogP contribution in [0.15, 0.2) is 29.2 Å². The summed E-state index contributed by atoms with van der Waals surface area (Å²) < 4.78 is 36.0. The highest BCUT2D eigenvalue weighted by atomic mass is 32.2. The molecule has 5 heteroatoms. The highest BCUT2D eigenvalue weighted by Gasteiger charge is 2.27. The Bertz CT molecular complexity index is 322. The largest absolute Gasteiger partial charge is 0.398 e. The molecule has 0 heterocycles. The van der Waals surface area contributed by atoms with Crippen LogP contribution >= 0.6 is 11.8 Å². The van der Waals surface area contributed by atoms with E-state index < -0.39 is 11.9 Å². The Labute approximate surface area is 104 Å². The quantitative estimate of drug-likeness (QED) is 0.618. The predicted octanol–water partition coefficient (Wildman–Crippen LogP) is 3.84. The number of alkyl halides is 3. The summed E-state index contributed by atoms with van der Waals surface area (Å²) >= 11 is 0.819. The van der Waals surface area contributed by atoms with Crippen molar-refractivity contribution < 1.29 is 13.2 Å². The molecule has 1 N–H and O–H groups in total. The van der Waals surface area contributed by atoms with Crippen LogP contribution in [-0.4, -0.2) is 18.5 Å². The van der Waals surface area contributed by atoms with Crippen molar-refractivity contribution in [3.8, 4) is 0 Å². The highest BCUT2D eigenvalue weighted by Crippen LogP contribution is 2.27. The maximum atomic E-state index is 12.0.